The van der Waals surface area contributed by atoms with Gasteiger partial charge < -0.3 is 39.4 Å². The predicted octanol–water partition coefficient (Wildman–Crippen LogP) is 3.42. The van der Waals surface area contributed by atoms with Gasteiger partial charge in [0.25, 0.3) is 0 Å². The van der Waals surface area contributed by atoms with Crippen LogP contribution < -0.4 is 0 Å². The highest BCUT2D eigenvalue weighted by Gasteiger charge is 2.60. The van der Waals surface area contributed by atoms with Gasteiger partial charge in [-0.2, -0.15) is 0 Å². The fraction of sp³-hybridized carbons (Fsp3) is 0.676. The summed E-state index contributed by atoms with van der Waals surface area (Å²) in [5.74, 6) is -2.88. The van der Waals surface area contributed by atoms with E-state index in [1.54, 1.807) is 25.2 Å². The minimum Gasteiger partial charge on any atom is -0.462 e. The third-order valence-electron chi connectivity index (χ3n) is 9.92. The summed E-state index contributed by atoms with van der Waals surface area (Å²) in [5, 5.41) is 43.7. The minimum absolute atomic E-state index is 0.0925. The lowest BCUT2D eigenvalue weighted by molar-refractivity contribution is -0.342. The first-order valence-corrected chi connectivity index (χ1v) is 15.6. The number of rotatable bonds is 2. The van der Waals surface area contributed by atoms with Gasteiger partial charge in [0, 0.05) is 25.2 Å². The summed E-state index contributed by atoms with van der Waals surface area (Å²) in [5.41, 5.74) is 1.30. The molecule has 0 amide bonds. The van der Waals surface area contributed by atoms with Crippen LogP contribution in [0.1, 0.15) is 66.7 Å². The normalized spacial score (nSPS) is 47.5. The first kappa shape index (κ1) is 32.3. The van der Waals surface area contributed by atoms with E-state index in [9.17, 15) is 25.2 Å². The summed E-state index contributed by atoms with van der Waals surface area (Å²) < 4.78 is 25.4. The summed E-state index contributed by atoms with van der Waals surface area (Å²) in [6.45, 7) is 9.66. The molecule has 11 atom stereocenters. The van der Waals surface area contributed by atoms with Crippen molar-refractivity contribution in [3.05, 3.63) is 58.7 Å². The van der Waals surface area contributed by atoms with Crippen molar-refractivity contribution in [1.29, 1.82) is 0 Å². The summed E-state index contributed by atoms with van der Waals surface area (Å²) >= 11 is 0. The molecule has 3 fully saturated rings. The zero-order valence-electron chi connectivity index (χ0n) is 25.9. The largest absolute Gasteiger partial charge is 0.462 e. The third kappa shape index (κ3) is 6.36. The topological polar surface area (TPSA) is 135 Å². The smallest absolute Gasteiger partial charge is 0.316 e. The predicted molar refractivity (Wildman–Crippen MR) is 160 cm³/mol. The molecule has 0 aromatic rings. The standard InChI is InChI=1S/C34H48O9/c1-19-7-6-8-24-18-40-31-29(37)22(4)14-27(34(24,31)39)32(38)41-26-15-25(10-9-20(2)13-19)42-33(16-26)17-28(36)23(5)30(43-33)21(3)11-12-35/h6-9,11,14,19,23,25-31,35-37,39H,10,12-13,15-18H2,1-5H3/b7-6+,20-9+,21-11+,24-8+/t19-,23-,25+,26-,27-,28-,29+,30+,31+,33-,34+/m0/s1. The van der Waals surface area contributed by atoms with Gasteiger partial charge in [-0.15, -0.1) is 0 Å². The number of fused-ring (bicyclic) bond motifs is 2. The molecular formula is C34H48O9. The number of aliphatic hydroxyl groups excluding tert-OH is 3. The second kappa shape index (κ2) is 12.7. The molecule has 4 heterocycles. The summed E-state index contributed by atoms with van der Waals surface area (Å²) in [6.07, 6.45) is 9.26. The Kier molecular flexibility index (Phi) is 9.55. The lowest BCUT2D eigenvalue weighted by Gasteiger charge is -2.51. The van der Waals surface area contributed by atoms with Gasteiger partial charge in [0.1, 0.15) is 29.8 Å². The van der Waals surface area contributed by atoms with E-state index in [1.807, 2.05) is 19.9 Å². The molecule has 0 saturated carbocycles. The molecule has 1 aliphatic carbocycles. The Morgan fingerprint density at radius 1 is 1.14 bits per heavy atom. The Morgan fingerprint density at radius 3 is 2.65 bits per heavy atom. The molecule has 9 nitrogen and oxygen atoms in total. The van der Waals surface area contributed by atoms with Crippen molar-refractivity contribution in [2.24, 2.45) is 17.8 Å². The highest BCUT2D eigenvalue weighted by molar-refractivity contribution is 5.78. The van der Waals surface area contributed by atoms with Gasteiger partial charge in [0.2, 0.25) is 0 Å². The van der Waals surface area contributed by atoms with Gasteiger partial charge in [-0.05, 0) is 56.3 Å². The van der Waals surface area contributed by atoms with Crippen LogP contribution in [0.3, 0.4) is 0 Å². The third-order valence-corrected chi connectivity index (χ3v) is 9.92. The summed E-state index contributed by atoms with van der Waals surface area (Å²) in [4.78, 5) is 14.0. The molecule has 238 valence electrons. The van der Waals surface area contributed by atoms with E-state index < -0.39 is 53.8 Å². The highest BCUT2D eigenvalue weighted by atomic mass is 16.7. The lowest BCUT2D eigenvalue weighted by Crippen LogP contribution is -2.59. The van der Waals surface area contributed by atoms with E-state index in [2.05, 4.69) is 26.0 Å². The second-order valence-electron chi connectivity index (χ2n) is 13.4. The van der Waals surface area contributed by atoms with E-state index in [0.717, 1.165) is 12.0 Å². The second-order valence-corrected chi connectivity index (χ2v) is 13.4. The van der Waals surface area contributed by atoms with Gasteiger partial charge in [-0.1, -0.05) is 55.9 Å². The van der Waals surface area contributed by atoms with Crippen molar-refractivity contribution >= 4 is 5.97 Å². The molecule has 43 heavy (non-hydrogen) atoms. The fourth-order valence-electron chi connectivity index (χ4n) is 7.49. The van der Waals surface area contributed by atoms with Crippen molar-refractivity contribution in [1.82, 2.24) is 0 Å². The number of carbonyl (C=O) groups is 1. The molecule has 4 aliphatic heterocycles. The molecule has 1 spiro atoms. The number of allylic oxidation sites excluding steroid dienone is 4. The van der Waals surface area contributed by atoms with Gasteiger partial charge in [0.05, 0.1) is 31.5 Å². The van der Waals surface area contributed by atoms with E-state index in [0.29, 0.717) is 24.0 Å². The quantitative estimate of drug-likeness (QED) is 0.278. The van der Waals surface area contributed by atoms with Crippen LogP contribution in [0, 0.1) is 17.8 Å². The molecule has 2 bridgehead atoms. The summed E-state index contributed by atoms with van der Waals surface area (Å²) in [6, 6.07) is 0. The number of hydrogen-bond acceptors (Lipinski definition) is 9. The maximum Gasteiger partial charge on any atom is 0.316 e. The molecule has 3 saturated heterocycles. The lowest BCUT2D eigenvalue weighted by atomic mass is 9.71. The molecule has 0 radical (unpaired) electrons. The van der Waals surface area contributed by atoms with E-state index in [1.165, 1.54) is 5.57 Å². The monoisotopic (exact) mass is 600 g/mol. The zero-order chi connectivity index (χ0) is 31.1. The van der Waals surface area contributed by atoms with Crippen molar-refractivity contribution in [3.63, 3.8) is 0 Å². The van der Waals surface area contributed by atoms with Gasteiger partial charge >= 0.3 is 5.97 Å². The maximum atomic E-state index is 14.0. The van der Waals surface area contributed by atoms with E-state index in [4.69, 9.17) is 18.9 Å². The Hall–Kier alpha value is -2.11. The van der Waals surface area contributed by atoms with Crippen molar-refractivity contribution in [2.45, 2.75) is 115 Å². The molecule has 9 heteroatoms. The van der Waals surface area contributed by atoms with Crippen LogP contribution in [0.4, 0.5) is 0 Å². The average molecular weight is 601 g/mol. The van der Waals surface area contributed by atoms with Crippen LogP contribution in [0.5, 0.6) is 0 Å². The first-order chi connectivity index (χ1) is 20.4. The van der Waals surface area contributed by atoms with Crippen LogP contribution in [-0.2, 0) is 23.7 Å². The molecule has 5 rings (SSSR count). The number of hydrogen-bond donors (Lipinski definition) is 4. The Morgan fingerprint density at radius 2 is 1.91 bits per heavy atom. The van der Waals surface area contributed by atoms with Gasteiger partial charge in [-0.25, -0.2) is 0 Å². The first-order valence-electron chi connectivity index (χ1n) is 15.6. The van der Waals surface area contributed by atoms with Crippen LogP contribution >= 0.6 is 0 Å². The van der Waals surface area contributed by atoms with E-state index in [-0.39, 0.29) is 44.0 Å². The fourth-order valence-corrected chi connectivity index (χ4v) is 7.49. The molecule has 0 aromatic carbocycles. The van der Waals surface area contributed by atoms with Crippen LogP contribution in [0.15, 0.2) is 58.7 Å². The summed E-state index contributed by atoms with van der Waals surface area (Å²) in [7, 11) is 0. The van der Waals surface area contributed by atoms with Crippen molar-refractivity contribution in [2.75, 3.05) is 13.2 Å². The number of aliphatic hydroxyl groups is 4. The Balaban J connectivity index is 1.53. The van der Waals surface area contributed by atoms with E-state index >= 15 is 0 Å². The molecular weight excluding hydrogens is 552 g/mol. The highest BCUT2D eigenvalue weighted by Crippen LogP contribution is 2.47. The number of ether oxygens (including phenoxy) is 4. The average Bonchev–Trinajstić information content (AvgIpc) is 3.28. The van der Waals surface area contributed by atoms with Crippen LogP contribution in [0.2, 0.25) is 0 Å². The maximum absolute atomic E-state index is 14.0. The number of esters is 1. The number of carbonyl (C=O) groups excluding carboxylic acids is 1. The SMILES string of the molecule is CC1=C[C@H]2C(=O)O[C@H]3C[C@@H](C/C=C(\C)C[C@@H](C)/C=C/C=C4\CO[C@H]([C@@H]1O)[C@@]42O)O[C@]1(C3)C[C@H](O)[C@H](C)[C@@H](/C(C)=C/CO)O1. The van der Waals surface area contributed by atoms with Gasteiger partial charge in [-0.3, -0.25) is 4.79 Å². The molecule has 0 aromatic heterocycles. The molecule has 5 aliphatic rings. The van der Waals surface area contributed by atoms with Crippen molar-refractivity contribution in [3.8, 4) is 0 Å². The van der Waals surface area contributed by atoms with Gasteiger partial charge in [0.15, 0.2) is 5.79 Å². The minimum atomic E-state index is -1.76. The Labute approximate surface area is 254 Å². The van der Waals surface area contributed by atoms with Crippen LogP contribution in [-0.4, -0.2) is 87.6 Å². The van der Waals surface area contributed by atoms with Crippen LogP contribution in [0.25, 0.3) is 0 Å². The zero-order valence-corrected chi connectivity index (χ0v) is 25.9. The molecule has 4 N–H and O–H groups in total. The Bertz CT molecular complexity index is 1220. The van der Waals surface area contributed by atoms with Crippen molar-refractivity contribution < 1.29 is 44.2 Å². The molecule has 0 unspecified atom stereocenters.